The molecule has 0 aromatic carbocycles. The Kier molecular flexibility index (Phi) is 4.43. The van der Waals surface area contributed by atoms with Crippen LogP contribution >= 0.6 is 11.3 Å². The van der Waals surface area contributed by atoms with Gasteiger partial charge in [-0.25, -0.2) is 10.4 Å². The average Bonchev–Trinajstić information content (AvgIpc) is 3.02. The molecule has 1 saturated carbocycles. The van der Waals surface area contributed by atoms with Crippen molar-refractivity contribution in [1.82, 2.24) is 15.4 Å². The summed E-state index contributed by atoms with van der Waals surface area (Å²) in [7, 11) is 0. The van der Waals surface area contributed by atoms with Crippen molar-refractivity contribution < 1.29 is 9.21 Å². The summed E-state index contributed by atoms with van der Waals surface area (Å²) < 4.78 is 5.70. The largest absolute Gasteiger partial charge is 0.460 e. The monoisotopic (exact) mass is 384 g/mol. The Balaban J connectivity index is 1.40. The number of aryl methyl sites for hydroxylation is 2. The summed E-state index contributed by atoms with van der Waals surface area (Å²) >= 11 is 1.45. The summed E-state index contributed by atoms with van der Waals surface area (Å²) in [4.78, 5) is 33.1. The second kappa shape index (κ2) is 6.77. The molecule has 140 valence electrons. The van der Waals surface area contributed by atoms with Crippen LogP contribution in [0.25, 0.3) is 10.2 Å². The van der Waals surface area contributed by atoms with Gasteiger partial charge in [-0.15, -0.1) is 11.3 Å². The molecule has 3 aromatic rings. The molecule has 0 radical (unpaired) electrons. The maximum atomic E-state index is 12.2. The third-order valence-electron chi connectivity index (χ3n) is 4.92. The fraction of sp³-hybridized carbons (Fsp3) is 0.368. The van der Waals surface area contributed by atoms with E-state index in [-0.39, 0.29) is 17.9 Å². The second-order valence-corrected chi connectivity index (χ2v) is 8.21. The highest BCUT2D eigenvalue weighted by molar-refractivity contribution is 7.18. The molecule has 8 heteroatoms. The van der Waals surface area contributed by atoms with Gasteiger partial charge in [-0.2, -0.15) is 5.10 Å². The summed E-state index contributed by atoms with van der Waals surface area (Å²) in [6, 6.07) is 3.79. The second-order valence-electron chi connectivity index (χ2n) is 7.01. The molecular formula is C19H20N4O3S. The average molecular weight is 384 g/mol. The Morgan fingerprint density at radius 1 is 1.48 bits per heavy atom. The van der Waals surface area contributed by atoms with Crippen molar-refractivity contribution in [2.24, 2.45) is 11.0 Å². The van der Waals surface area contributed by atoms with E-state index < -0.39 is 0 Å². The zero-order valence-electron chi connectivity index (χ0n) is 15.3. The third kappa shape index (κ3) is 3.57. The molecule has 0 saturated heterocycles. The van der Waals surface area contributed by atoms with E-state index in [1.54, 1.807) is 0 Å². The maximum absolute atomic E-state index is 12.2. The van der Waals surface area contributed by atoms with E-state index in [9.17, 15) is 9.59 Å². The van der Waals surface area contributed by atoms with E-state index in [0.717, 1.165) is 22.6 Å². The van der Waals surface area contributed by atoms with Crippen molar-refractivity contribution in [3.8, 4) is 0 Å². The molecule has 1 aliphatic rings. The lowest BCUT2D eigenvalue weighted by Crippen LogP contribution is -2.23. The minimum Gasteiger partial charge on any atom is -0.460 e. The molecule has 4 rings (SSSR count). The van der Waals surface area contributed by atoms with Crippen LogP contribution in [0.2, 0.25) is 0 Å². The molecule has 0 unspecified atom stereocenters. The van der Waals surface area contributed by atoms with Crippen LogP contribution < -0.4 is 11.0 Å². The summed E-state index contributed by atoms with van der Waals surface area (Å²) in [5.74, 6) is 2.70. The van der Waals surface area contributed by atoms with Crippen LogP contribution in [0, 0.1) is 19.8 Å². The van der Waals surface area contributed by atoms with Crippen molar-refractivity contribution >= 4 is 33.7 Å². The van der Waals surface area contributed by atoms with E-state index >= 15 is 0 Å². The number of amides is 1. The summed E-state index contributed by atoms with van der Waals surface area (Å²) in [6.07, 6.45) is 2.57. The predicted molar refractivity (Wildman–Crippen MR) is 104 cm³/mol. The lowest BCUT2D eigenvalue weighted by atomic mass is 10.2. The Hall–Kier alpha value is -2.74. The van der Waals surface area contributed by atoms with Gasteiger partial charge in [0.05, 0.1) is 18.0 Å². The smallest absolute Gasteiger partial charge is 0.259 e. The number of hydrazone groups is 1. The molecule has 3 heterocycles. The van der Waals surface area contributed by atoms with E-state index in [4.69, 9.17) is 4.42 Å². The highest BCUT2D eigenvalue weighted by Crippen LogP contribution is 2.47. The molecule has 1 fully saturated rings. The first kappa shape index (κ1) is 17.7. The van der Waals surface area contributed by atoms with Gasteiger partial charge in [-0.05, 0) is 43.9 Å². The van der Waals surface area contributed by atoms with Crippen LogP contribution in [0.3, 0.4) is 0 Å². The zero-order chi connectivity index (χ0) is 19.1. The lowest BCUT2D eigenvalue weighted by Gasteiger charge is -2.00. The first-order valence-electron chi connectivity index (χ1n) is 8.83. The van der Waals surface area contributed by atoms with Crippen LogP contribution in [0.1, 0.15) is 47.0 Å². The van der Waals surface area contributed by atoms with E-state index in [0.29, 0.717) is 33.6 Å². The molecule has 0 bridgehead atoms. The fourth-order valence-electron chi connectivity index (χ4n) is 3.10. The number of nitrogens with one attached hydrogen (secondary N) is 2. The van der Waals surface area contributed by atoms with Crippen LogP contribution in [0.15, 0.2) is 26.4 Å². The van der Waals surface area contributed by atoms with Gasteiger partial charge in [0.15, 0.2) is 0 Å². The number of thiophene rings is 1. The van der Waals surface area contributed by atoms with Crippen molar-refractivity contribution in [3.05, 3.63) is 50.3 Å². The number of aromatic amines is 1. The number of fused-ring (bicyclic) bond motifs is 1. The number of carbonyl (C=O) groups is 1. The predicted octanol–water partition coefficient (Wildman–Crippen LogP) is 3.01. The number of furan rings is 1. The number of H-pyrrole nitrogens is 1. The van der Waals surface area contributed by atoms with Crippen LogP contribution in [0.4, 0.5) is 0 Å². The van der Waals surface area contributed by atoms with Crippen LogP contribution in [-0.2, 0) is 11.2 Å². The van der Waals surface area contributed by atoms with Gasteiger partial charge in [-0.3, -0.25) is 9.59 Å². The number of carbonyl (C=O) groups excluding carboxylic acids is 1. The Morgan fingerprint density at radius 3 is 3.00 bits per heavy atom. The Bertz CT molecular complexity index is 1110. The van der Waals surface area contributed by atoms with Crippen molar-refractivity contribution in [2.75, 3.05) is 0 Å². The molecule has 1 aliphatic carbocycles. The highest BCUT2D eigenvalue weighted by Gasteiger charge is 2.36. The third-order valence-corrected chi connectivity index (χ3v) is 6.02. The number of nitrogens with zero attached hydrogens (tertiary/aromatic N) is 2. The highest BCUT2D eigenvalue weighted by atomic mass is 32.1. The molecule has 2 atom stereocenters. The molecule has 27 heavy (non-hydrogen) atoms. The molecular weight excluding hydrogens is 364 g/mol. The summed E-state index contributed by atoms with van der Waals surface area (Å²) in [5, 5.41) is 4.51. The van der Waals surface area contributed by atoms with Gasteiger partial charge in [0.1, 0.15) is 22.2 Å². The van der Waals surface area contributed by atoms with Crippen molar-refractivity contribution in [1.29, 1.82) is 0 Å². The molecule has 2 N–H and O–H groups in total. The molecule has 1 amide bonds. The topological polar surface area (TPSA) is 100 Å². The molecule has 7 nitrogen and oxygen atoms in total. The minimum atomic E-state index is -0.360. The van der Waals surface area contributed by atoms with E-state index in [2.05, 4.69) is 27.4 Å². The van der Waals surface area contributed by atoms with Gasteiger partial charge < -0.3 is 9.40 Å². The van der Waals surface area contributed by atoms with Crippen LogP contribution in [0.5, 0.6) is 0 Å². The first-order chi connectivity index (χ1) is 12.9. The summed E-state index contributed by atoms with van der Waals surface area (Å²) in [6.45, 7) is 6.04. The first-order valence-corrected chi connectivity index (χ1v) is 9.64. The minimum absolute atomic E-state index is 0.0541. The standard InChI is InChI=1S/C19H20N4O3S/c1-9-6-13(9)14-5-4-12(26-14)8-20-23-16(24)7-15-21-18(25)17-10(2)11(3)27-19(17)22-15/h4-5,8-9,13H,6-7H2,1-3H3,(H,23,24)(H,21,22,25)/b20-8-/t9-,13-/m0/s1. The Morgan fingerprint density at radius 2 is 2.26 bits per heavy atom. The molecule has 3 aromatic heterocycles. The van der Waals surface area contributed by atoms with Crippen LogP contribution in [-0.4, -0.2) is 22.1 Å². The summed E-state index contributed by atoms with van der Waals surface area (Å²) in [5.41, 5.74) is 3.15. The quantitative estimate of drug-likeness (QED) is 0.522. The number of hydrogen-bond acceptors (Lipinski definition) is 6. The van der Waals surface area contributed by atoms with Gasteiger partial charge >= 0.3 is 0 Å². The van der Waals surface area contributed by atoms with Crippen molar-refractivity contribution in [2.45, 2.75) is 39.5 Å². The van der Waals surface area contributed by atoms with Gasteiger partial charge in [-0.1, -0.05) is 6.92 Å². The Labute approximate surface area is 159 Å². The van der Waals surface area contributed by atoms with Crippen molar-refractivity contribution in [3.63, 3.8) is 0 Å². The van der Waals surface area contributed by atoms with Gasteiger partial charge in [0.2, 0.25) is 5.91 Å². The number of rotatable bonds is 5. The van der Waals surface area contributed by atoms with Gasteiger partial charge in [0.25, 0.3) is 5.56 Å². The normalized spacial score (nSPS) is 19.1. The molecule has 0 spiro atoms. The number of aromatic nitrogens is 2. The van der Waals surface area contributed by atoms with E-state index in [1.807, 2.05) is 26.0 Å². The lowest BCUT2D eigenvalue weighted by molar-refractivity contribution is -0.120. The number of hydrogen-bond donors (Lipinski definition) is 2. The zero-order valence-corrected chi connectivity index (χ0v) is 16.1. The maximum Gasteiger partial charge on any atom is 0.259 e. The van der Waals surface area contributed by atoms with Gasteiger partial charge in [0, 0.05) is 10.8 Å². The fourth-order valence-corrected chi connectivity index (χ4v) is 4.15. The van der Waals surface area contributed by atoms with E-state index in [1.165, 1.54) is 17.6 Å². The SMILES string of the molecule is Cc1sc2nc(CC(=O)N/N=C\c3ccc([C@H]4C[C@@H]4C)o3)[nH]c(=O)c2c1C. The molecule has 0 aliphatic heterocycles.